The summed E-state index contributed by atoms with van der Waals surface area (Å²) in [6.07, 6.45) is -3.21. The van der Waals surface area contributed by atoms with E-state index in [9.17, 15) is 15.0 Å². The summed E-state index contributed by atoms with van der Waals surface area (Å²) in [5, 5.41) is 28.7. The monoisotopic (exact) mass is 286 g/mol. The maximum Gasteiger partial charge on any atom is 0.280 e. The number of anilines is 1. The van der Waals surface area contributed by atoms with E-state index in [1.807, 2.05) is 0 Å². The largest absolute Gasteiger partial charge is 0.394 e. The van der Waals surface area contributed by atoms with Crippen LogP contribution in [0.25, 0.3) is 11.2 Å². The van der Waals surface area contributed by atoms with E-state index >= 15 is 0 Å². The number of hydrogen-bond donors (Lipinski definition) is 5. The van der Waals surface area contributed by atoms with Crippen molar-refractivity contribution >= 4 is 17.1 Å². The predicted octanol–water partition coefficient (Wildman–Crippen LogP) is -2.69. The van der Waals surface area contributed by atoms with Crippen LogP contribution in [-0.2, 0) is 4.74 Å². The van der Waals surface area contributed by atoms with Crippen molar-refractivity contribution in [3.63, 3.8) is 0 Å². The van der Waals surface area contributed by atoms with Gasteiger partial charge in [0.1, 0.15) is 18.3 Å². The molecule has 0 aliphatic carbocycles. The van der Waals surface area contributed by atoms with E-state index in [1.54, 1.807) is 0 Å². The Morgan fingerprint density at radius 1 is 1.45 bits per heavy atom. The van der Waals surface area contributed by atoms with Crippen LogP contribution in [0, 0.1) is 0 Å². The molecular weight excluding hydrogens is 273 g/mol. The first-order valence-electron chi connectivity index (χ1n) is 5.87. The van der Waals surface area contributed by atoms with Crippen molar-refractivity contribution in [1.29, 1.82) is 0 Å². The van der Waals surface area contributed by atoms with Crippen LogP contribution in [0.4, 0.5) is 5.95 Å². The molecule has 0 unspecified atom stereocenters. The number of nitrogens with two attached hydrogens (primary N) is 1. The molecule has 0 aromatic carbocycles. The SMILES string of the molecule is Nc1nc2c([15n]c[15n]2[C@@H]2O[C@H]([13CH2]O)[C@@H](O)[C@H]2O)c(=O)[nH]1. The second kappa shape index (κ2) is 4.52. The number of nitrogens with one attached hydrogen (secondary N) is 1. The van der Waals surface area contributed by atoms with Crippen molar-refractivity contribution in [2.24, 2.45) is 0 Å². The number of aromatic amines is 1. The molecule has 108 valence electrons. The second-order valence-corrected chi connectivity index (χ2v) is 4.50. The fourth-order valence-corrected chi connectivity index (χ4v) is 2.24. The standard InChI is InChI=1S/C10H13N5O5/c11-10-13-7-4(8(19)14-10)12-2-15(7)9-6(18)5(17)3(1-16)20-9/h2-3,5-6,9,16-18H,1H2,(H3,11,13,14,19)/t3-,5-,6-,9-/m1/s1/i1+1,12+1,15+1. The van der Waals surface area contributed by atoms with Crippen molar-refractivity contribution in [3.05, 3.63) is 16.7 Å². The lowest BCUT2D eigenvalue weighted by Gasteiger charge is -2.16. The number of aromatic nitrogens is 4. The van der Waals surface area contributed by atoms with Gasteiger partial charge in [0.05, 0.1) is 12.9 Å². The normalized spacial score (nSPS) is 30.1. The molecule has 0 spiro atoms. The van der Waals surface area contributed by atoms with Crippen molar-refractivity contribution in [2.75, 3.05) is 12.3 Å². The Balaban J connectivity index is 2.09. The van der Waals surface area contributed by atoms with E-state index in [0.717, 1.165) is 0 Å². The molecule has 2 aromatic heterocycles. The van der Waals surface area contributed by atoms with Gasteiger partial charge in [-0.3, -0.25) is 14.3 Å². The molecule has 6 N–H and O–H groups in total. The maximum absolute atomic E-state index is 11.7. The molecule has 1 aliphatic rings. The highest BCUT2D eigenvalue weighted by molar-refractivity contribution is 5.70. The zero-order chi connectivity index (χ0) is 14.4. The molecule has 1 saturated heterocycles. The molecule has 0 saturated carbocycles. The summed E-state index contributed by atoms with van der Waals surface area (Å²) in [5.74, 6) is -0.101. The molecule has 10 nitrogen and oxygen atoms in total. The Hall–Kier alpha value is -2.01. The van der Waals surface area contributed by atoms with Gasteiger partial charge in [0, 0.05) is 0 Å². The average Bonchev–Trinajstić information content (AvgIpc) is 2.93. The number of rotatable bonds is 2. The van der Waals surface area contributed by atoms with Gasteiger partial charge in [-0.15, -0.1) is 0 Å². The molecule has 4 atom stereocenters. The summed E-state index contributed by atoms with van der Waals surface area (Å²) >= 11 is 0. The van der Waals surface area contributed by atoms with Crippen LogP contribution in [0.2, 0.25) is 0 Å². The number of fused-ring (bicyclic) bond motifs is 1. The highest BCUT2D eigenvalue weighted by atomic mass is 16.6. The summed E-state index contributed by atoms with van der Waals surface area (Å²) in [6, 6.07) is 0. The van der Waals surface area contributed by atoms with Gasteiger partial charge >= 0.3 is 0 Å². The zero-order valence-corrected chi connectivity index (χ0v) is 10.2. The van der Waals surface area contributed by atoms with Crippen molar-refractivity contribution in [3.8, 4) is 0 Å². The summed E-state index contributed by atoms with van der Waals surface area (Å²) in [5.41, 5.74) is 5.12. The Morgan fingerprint density at radius 3 is 2.85 bits per heavy atom. The Labute approximate surface area is 111 Å². The lowest BCUT2D eigenvalue weighted by atomic mass is 10.2. The molecule has 1 fully saturated rings. The van der Waals surface area contributed by atoms with Gasteiger partial charge in [0.25, 0.3) is 5.56 Å². The molecule has 1 aliphatic heterocycles. The minimum absolute atomic E-state index is 0.0388. The number of nitrogens with zero attached hydrogens (tertiary/aromatic N) is 3. The van der Waals surface area contributed by atoms with Gasteiger partial charge in [-0.25, -0.2) is 4.98 Å². The van der Waals surface area contributed by atoms with Crippen LogP contribution in [0.15, 0.2) is 11.1 Å². The third-order valence-corrected chi connectivity index (χ3v) is 3.24. The van der Waals surface area contributed by atoms with Crippen LogP contribution < -0.4 is 11.3 Å². The fraction of sp³-hybridized carbons (Fsp3) is 0.500. The molecular formula is C10H13N5O5. The summed E-state index contributed by atoms with van der Waals surface area (Å²) < 4.78 is 6.64. The highest BCUT2D eigenvalue weighted by Crippen LogP contribution is 2.30. The van der Waals surface area contributed by atoms with E-state index in [2.05, 4.69) is 15.0 Å². The maximum atomic E-state index is 11.7. The molecule has 0 radical (unpaired) electrons. The molecule has 20 heavy (non-hydrogen) atoms. The Bertz CT molecular complexity index is 697. The van der Waals surface area contributed by atoms with Crippen molar-refractivity contribution < 1.29 is 20.1 Å². The molecule has 3 rings (SSSR count). The third kappa shape index (κ3) is 1.78. The first kappa shape index (κ1) is 13.0. The van der Waals surface area contributed by atoms with Crippen LogP contribution in [0.3, 0.4) is 0 Å². The molecule has 3 heterocycles. The number of aliphatic hydroxyl groups excluding tert-OH is 3. The van der Waals surface area contributed by atoms with E-state index in [4.69, 9.17) is 15.6 Å². The van der Waals surface area contributed by atoms with Gasteiger partial charge in [-0.05, 0) is 0 Å². The second-order valence-electron chi connectivity index (χ2n) is 4.50. The fourth-order valence-electron chi connectivity index (χ4n) is 2.24. The van der Waals surface area contributed by atoms with Gasteiger partial charge in [0.2, 0.25) is 5.95 Å². The van der Waals surface area contributed by atoms with Gasteiger partial charge in [0.15, 0.2) is 17.4 Å². The summed E-state index contributed by atoms with van der Waals surface area (Å²) in [7, 11) is 0. The minimum Gasteiger partial charge on any atom is -0.394 e. The van der Waals surface area contributed by atoms with Crippen LogP contribution in [0.1, 0.15) is 6.23 Å². The van der Waals surface area contributed by atoms with E-state index in [0.29, 0.717) is 0 Å². The first-order valence-corrected chi connectivity index (χ1v) is 5.87. The Kier molecular flexibility index (Phi) is 2.94. The molecule has 0 bridgehead atoms. The van der Waals surface area contributed by atoms with E-state index in [1.165, 1.54) is 10.9 Å². The van der Waals surface area contributed by atoms with Gasteiger partial charge < -0.3 is 25.8 Å². The van der Waals surface area contributed by atoms with Crippen molar-refractivity contribution in [2.45, 2.75) is 24.5 Å². The van der Waals surface area contributed by atoms with Crippen molar-refractivity contribution in [1.82, 2.24) is 19.5 Å². The minimum atomic E-state index is -1.29. The van der Waals surface area contributed by atoms with Gasteiger partial charge in [-0.1, -0.05) is 0 Å². The lowest BCUT2D eigenvalue weighted by Crippen LogP contribution is -2.33. The number of ether oxygens (including phenoxy) is 1. The average molecular weight is 286 g/mol. The predicted molar refractivity (Wildman–Crippen MR) is 65.6 cm³/mol. The first-order chi connectivity index (χ1) is 9.52. The van der Waals surface area contributed by atoms with Crippen LogP contribution in [0.5, 0.6) is 0 Å². The topological polar surface area (TPSA) is 160 Å². The molecule has 10 heteroatoms. The number of H-pyrrole nitrogens is 1. The number of hydrogen-bond acceptors (Lipinski definition) is 8. The summed E-state index contributed by atoms with van der Waals surface area (Å²) in [4.78, 5) is 21.8. The van der Waals surface area contributed by atoms with Crippen LogP contribution >= 0.6 is 0 Å². The lowest BCUT2D eigenvalue weighted by molar-refractivity contribution is -0.0511. The molecule has 0 amide bonds. The Morgan fingerprint density at radius 2 is 2.20 bits per heavy atom. The number of nitrogen functional groups attached to an aromatic ring is 1. The van der Waals surface area contributed by atoms with E-state index < -0.39 is 36.7 Å². The third-order valence-electron chi connectivity index (χ3n) is 3.24. The molecule has 2 aromatic rings. The highest BCUT2D eigenvalue weighted by Gasteiger charge is 2.44. The zero-order valence-electron chi connectivity index (χ0n) is 10.2. The van der Waals surface area contributed by atoms with E-state index in [-0.39, 0.29) is 17.1 Å². The van der Waals surface area contributed by atoms with Gasteiger partial charge in [-0.2, -0.15) is 4.98 Å². The number of imidazole rings is 1. The summed E-state index contributed by atoms with van der Waals surface area (Å²) in [6.45, 7) is -0.447. The van der Waals surface area contributed by atoms with Crippen LogP contribution in [-0.4, -0.2) is 59.8 Å². The number of aliphatic hydroxyl groups is 3. The smallest absolute Gasteiger partial charge is 0.280 e. The quantitative estimate of drug-likeness (QED) is 0.373.